The molecular formula is C12H18N2O2. The van der Waals surface area contributed by atoms with Gasteiger partial charge in [-0.25, -0.2) is 0 Å². The van der Waals surface area contributed by atoms with E-state index in [0.717, 1.165) is 19.4 Å². The summed E-state index contributed by atoms with van der Waals surface area (Å²) in [6.45, 7) is 8.64. The maximum absolute atomic E-state index is 12.4. The summed E-state index contributed by atoms with van der Waals surface area (Å²) in [6.07, 6.45) is 2.13. The summed E-state index contributed by atoms with van der Waals surface area (Å²) >= 11 is 0. The number of aromatic nitrogens is 1. The van der Waals surface area contributed by atoms with Crippen LogP contribution in [-0.4, -0.2) is 28.0 Å². The molecule has 1 aromatic rings. The average Bonchev–Trinajstić information content (AvgIpc) is 2.69. The first-order valence-electron chi connectivity index (χ1n) is 5.68. The first-order chi connectivity index (χ1) is 7.43. The van der Waals surface area contributed by atoms with Crippen molar-refractivity contribution in [3.63, 3.8) is 0 Å². The van der Waals surface area contributed by atoms with Crippen molar-refractivity contribution in [2.24, 2.45) is 0 Å². The normalized spacial score (nSPS) is 19.1. The van der Waals surface area contributed by atoms with Crippen LogP contribution in [0.1, 0.15) is 48.5 Å². The molecule has 16 heavy (non-hydrogen) atoms. The zero-order valence-electron chi connectivity index (χ0n) is 10.3. The van der Waals surface area contributed by atoms with Crippen LogP contribution in [0.25, 0.3) is 0 Å². The van der Waals surface area contributed by atoms with E-state index in [-0.39, 0.29) is 11.4 Å². The van der Waals surface area contributed by atoms with Gasteiger partial charge in [-0.3, -0.25) is 4.79 Å². The van der Waals surface area contributed by atoms with Gasteiger partial charge < -0.3 is 9.42 Å². The Morgan fingerprint density at radius 2 is 2.12 bits per heavy atom. The fourth-order valence-electron chi connectivity index (χ4n) is 2.41. The van der Waals surface area contributed by atoms with Crippen molar-refractivity contribution in [1.29, 1.82) is 0 Å². The average molecular weight is 222 g/mol. The van der Waals surface area contributed by atoms with Gasteiger partial charge in [-0.15, -0.1) is 0 Å². The fraction of sp³-hybridized carbons (Fsp3) is 0.667. The summed E-state index contributed by atoms with van der Waals surface area (Å²) in [7, 11) is 0. The number of carbonyl (C=O) groups excluding carboxylic acids is 1. The van der Waals surface area contributed by atoms with Crippen LogP contribution in [0.15, 0.2) is 4.52 Å². The van der Waals surface area contributed by atoms with Gasteiger partial charge in [0.2, 0.25) is 0 Å². The standard InChI is InChI=1S/C12H18N2O2/c1-8-10(9(2)16-13-8)11(15)14-7-5-6-12(14,3)4/h5-7H2,1-4H3. The highest BCUT2D eigenvalue weighted by Crippen LogP contribution is 2.30. The van der Waals surface area contributed by atoms with Crippen molar-refractivity contribution in [3.05, 3.63) is 17.0 Å². The van der Waals surface area contributed by atoms with Gasteiger partial charge in [0.1, 0.15) is 11.3 Å². The second-order valence-corrected chi connectivity index (χ2v) is 5.07. The number of nitrogens with zero attached hydrogens (tertiary/aromatic N) is 2. The smallest absolute Gasteiger partial charge is 0.259 e. The Morgan fingerprint density at radius 1 is 1.44 bits per heavy atom. The Labute approximate surface area is 95.6 Å². The summed E-state index contributed by atoms with van der Waals surface area (Å²) in [6, 6.07) is 0. The van der Waals surface area contributed by atoms with Crippen molar-refractivity contribution in [1.82, 2.24) is 10.1 Å². The lowest BCUT2D eigenvalue weighted by atomic mass is 10.0. The van der Waals surface area contributed by atoms with Gasteiger partial charge in [0.05, 0.1) is 5.69 Å². The Hall–Kier alpha value is -1.32. The molecule has 2 rings (SSSR count). The molecule has 0 spiro atoms. The molecule has 0 radical (unpaired) electrons. The highest BCUT2D eigenvalue weighted by atomic mass is 16.5. The number of rotatable bonds is 1. The zero-order valence-corrected chi connectivity index (χ0v) is 10.3. The van der Waals surface area contributed by atoms with Crippen molar-refractivity contribution in [2.75, 3.05) is 6.54 Å². The number of likely N-dealkylation sites (tertiary alicyclic amines) is 1. The van der Waals surface area contributed by atoms with Crippen molar-refractivity contribution in [2.45, 2.75) is 46.1 Å². The number of carbonyl (C=O) groups is 1. The van der Waals surface area contributed by atoms with E-state index >= 15 is 0 Å². The van der Waals surface area contributed by atoms with E-state index < -0.39 is 0 Å². The van der Waals surface area contributed by atoms with E-state index in [2.05, 4.69) is 19.0 Å². The molecule has 1 fully saturated rings. The van der Waals surface area contributed by atoms with Crippen molar-refractivity contribution >= 4 is 5.91 Å². The van der Waals surface area contributed by atoms with E-state index in [1.165, 1.54) is 0 Å². The number of hydrogen-bond donors (Lipinski definition) is 0. The van der Waals surface area contributed by atoms with Crippen LogP contribution in [0, 0.1) is 13.8 Å². The van der Waals surface area contributed by atoms with Crippen LogP contribution in [0.3, 0.4) is 0 Å². The van der Waals surface area contributed by atoms with Gasteiger partial charge in [-0.2, -0.15) is 0 Å². The Morgan fingerprint density at radius 3 is 2.56 bits per heavy atom. The number of hydrogen-bond acceptors (Lipinski definition) is 3. The molecule has 2 heterocycles. The predicted octanol–water partition coefficient (Wildman–Crippen LogP) is 2.31. The fourth-order valence-corrected chi connectivity index (χ4v) is 2.41. The molecule has 4 heteroatoms. The molecule has 0 bridgehead atoms. The third-order valence-electron chi connectivity index (χ3n) is 3.39. The quantitative estimate of drug-likeness (QED) is 0.732. The molecule has 4 nitrogen and oxygen atoms in total. The van der Waals surface area contributed by atoms with Crippen LogP contribution in [0.5, 0.6) is 0 Å². The third-order valence-corrected chi connectivity index (χ3v) is 3.39. The molecule has 0 N–H and O–H groups in total. The molecule has 1 aliphatic rings. The molecule has 0 atom stereocenters. The van der Waals surface area contributed by atoms with E-state index in [9.17, 15) is 4.79 Å². The molecule has 0 aromatic carbocycles. The first-order valence-corrected chi connectivity index (χ1v) is 5.68. The summed E-state index contributed by atoms with van der Waals surface area (Å²) in [5, 5.41) is 3.83. The van der Waals surface area contributed by atoms with Crippen LogP contribution in [-0.2, 0) is 0 Å². The van der Waals surface area contributed by atoms with E-state index in [1.807, 2.05) is 11.8 Å². The van der Waals surface area contributed by atoms with Gasteiger partial charge in [0.15, 0.2) is 0 Å². The van der Waals surface area contributed by atoms with Crippen molar-refractivity contribution < 1.29 is 9.32 Å². The maximum Gasteiger partial charge on any atom is 0.259 e. The molecule has 1 aliphatic heterocycles. The summed E-state index contributed by atoms with van der Waals surface area (Å²) in [5.41, 5.74) is 1.27. The molecule has 88 valence electrons. The van der Waals surface area contributed by atoms with Gasteiger partial charge in [-0.05, 0) is 40.5 Å². The summed E-state index contributed by atoms with van der Waals surface area (Å²) in [5.74, 6) is 0.670. The topological polar surface area (TPSA) is 46.3 Å². The number of amides is 1. The van der Waals surface area contributed by atoms with Crippen LogP contribution in [0.2, 0.25) is 0 Å². The minimum atomic E-state index is -0.0484. The van der Waals surface area contributed by atoms with Crippen LogP contribution < -0.4 is 0 Å². The van der Waals surface area contributed by atoms with E-state index in [0.29, 0.717) is 17.0 Å². The lowest BCUT2D eigenvalue weighted by Crippen LogP contribution is -2.42. The lowest BCUT2D eigenvalue weighted by molar-refractivity contribution is 0.0649. The van der Waals surface area contributed by atoms with Gasteiger partial charge in [0, 0.05) is 12.1 Å². The maximum atomic E-state index is 12.4. The van der Waals surface area contributed by atoms with E-state index in [4.69, 9.17) is 4.52 Å². The van der Waals surface area contributed by atoms with Gasteiger partial charge >= 0.3 is 0 Å². The highest BCUT2D eigenvalue weighted by Gasteiger charge is 2.37. The van der Waals surface area contributed by atoms with Crippen LogP contribution in [0.4, 0.5) is 0 Å². The molecule has 1 amide bonds. The Bertz CT molecular complexity index is 401. The molecule has 0 aliphatic carbocycles. The third kappa shape index (κ3) is 1.62. The van der Waals surface area contributed by atoms with Crippen LogP contribution >= 0.6 is 0 Å². The number of aryl methyl sites for hydroxylation is 2. The zero-order chi connectivity index (χ0) is 11.9. The lowest BCUT2D eigenvalue weighted by Gasteiger charge is -2.31. The minimum Gasteiger partial charge on any atom is -0.361 e. The Kier molecular flexibility index (Phi) is 2.52. The van der Waals surface area contributed by atoms with Gasteiger partial charge in [-0.1, -0.05) is 5.16 Å². The largest absolute Gasteiger partial charge is 0.361 e. The monoisotopic (exact) mass is 222 g/mol. The van der Waals surface area contributed by atoms with E-state index in [1.54, 1.807) is 6.92 Å². The second-order valence-electron chi connectivity index (χ2n) is 5.07. The second kappa shape index (κ2) is 3.61. The SMILES string of the molecule is Cc1noc(C)c1C(=O)N1CCCC1(C)C. The predicted molar refractivity (Wildman–Crippen MR) is 60.3 cm³/mol. The Balaban J connectivity index is 2.33. The molecular weight excluding hydrogens is 204 g/mol. The molecule has 0 unspecified atom stereocenters. The van der Waals surface area contributed by atoms with Gasteiger partial charge in [0.25, 0.3) is 5.91 Å². The molecule has 1 saturated heterocycles. The molecule has 0 saturated carbocycles. The first kappa shape index (κ1) is 11.2. The minimum absolute atomic E-state index is 0.0484. The highest BCUT2D eigenvalue weighted by molar-refractivity contribution is 5.96. The van der Waals surface area contributed by atoms with Crippen molar-refractivity contribution in [3.8, 4) is 0 Å². The molecule has 1 aromatic heterocycles. The summed E-state index contributed by atoms with van der Waals surface area (Å²) < 4.78 is 5.05. The summed E-state index contributed by atoms with van der Waals surface area (Å²) in [4.78, 5) is 14.3.